The normalized spacial score (nSPS) is 10.6. The van der Waals surface area contributed by atoms with Crippen LogP contribution in [0.25, 0.3) is 10.9 Å². The Morgan fingerprint density at radius 2 is 2.31 bits per heavy atom. The van der Waals surface area contributed by atoms with Crippen LogP contribution in [-0.4, -0.2) is 15.8 Å². The molecule has 0 fully saturated rings. The molecule has 0 bridgehead atoms. The molecule has 0 radical (unpaired) electrons. The molecule has 66 valence electrons. The van der Waals surface area contributed by atoms with Crippen molar-refractivity contribution in [3.05, 3.63) is 29.7 Å². The molecule has 0 saturated carbocycles. The van der Waals surface area contributed by atoms with Gasteiger partial charge in [0.25, 0.3) is 0 Å². The van der Waals surface area contributed by atoms with Gasteiger partial charge in [-0.15, -0.1) is 0 Å². The molecule has 2 aromatic rings. The predicted octanol–water partition coefficient (Wildman–Crippen LogP) is 2.07. The largest absolute Gasteiger partial charge is 0.359 e. The summed E-state index contributed by atoms with van der Waals surface area (Å²) in [5.74, 6) is 0.00426. The Morgan fingerprint density at radius 3 is 3.00 bits per heavy atom. The van der Waals surface area contributed by atoms with Gasteiger partial charge in [0.2, 0.25) is 0 Å². The molecular formula is C10H10N2O. The molecule has 0 spiro atoms. The average Bonchev–Trinajstić information content (AvgIpc) is 2.43. The smallest absolute Gasteiger partial charge is 0.178 e. The molecule has 0 unspecified atom stereocenters. The highest BCUT2D eigenvalue weighted by Crippen LogP contribution is 2.17. The van der Waals surface area contributed by atoms with Gasteiger partial charge in [0.05, 0.1) is 0 Å². The fourth-order valence-electron chi connectivity index (χ4n) is 1.47. The summed E-state index contributed by atoms with van der Waals surface area (Å²) in [6.07, 6.45) is 1.65. The third-order valence-electron chi connectivity index (χ3n) is 2.02. The Labute approximate surface area is 75.8 Å². The van der Waals surface area contributed by atoms with Crippen LogP contribution in [0.1, 0.15) is 23.1 Å². The molecule has 2 aromatic heterocycles. The number of hydrogen-bond donors (Lipinski definition) is 1. The summed E-state index contributed by atoms with van der Waals surface area (Å²) in [5.41, 5.74) is 2.56. The number of carbonyl (C=O) groups is 1. The van der Waals surface area contributed by atoms with Crippen molar-refractivity contribution in [2.24, 2.45) is 0 Å². The van der Waals surface area contributed by atoms with E-state index < -0.39 is 0 Å². The molecule has 2 rings (SSSR count). The van der Waals surface area contributed by atoms with E-state index in [1.807, 2.05) is 19.1 Å². The summed E-state index contributed by atoms with van der Waals surface area (Å²) in [6.45, 7) is 3.49. The fourth-order valence-corrected chi connectivity index (χ4v) is 1.47. The zero-order valence-electron chi connectivity index (χ0n) is 7.59. The van der Waals surface area contributed by atoms with E-state index in [2.05, 4.69) is 9.97 Å². The van der Waals surface area contributed by atoms with Crippen LogP contribution in [0.3, 0.4) is 0 Å². The number of hydrogen-bond acceptors (Lipinski definition) is 2. The van der Waals surface area contributed by atoms with Gasteiger partial charge in [-0.3, -0.25) is 9.78 Å². The Morgan fingerprint density at radius 1 is 1.54 bits per heavy atom. The van der Waals surface area contributed by atoms with Crippen LogP contribution < -0.4 is 0 Å². The zero-order valence-corrected chi connectivity index (χ0v) is 7.59. The minimum Gasteiger partial charge on any atom is -0.359 e. The summed E-state index contributed by atoms with van der Waals surface area (Å²) >= 11 is 0. The number of nitrogens with zero attached hydrogens (tertiary/aromatic N) is 1. The quantitative estimate of drug-likeness (QED) is 0.673. The molecule has 2 heterocycles. The number of nitrogens with one attached hydrogen (secondary N) is 1. The lowest BCUT2D eigenvalue weighted by atomic mass is 10.2. The maximum absolute atomic E-state index is 11.2. The Balaban J connectivity index is 2.82. The van der Waals surface area contributed by atoms with Crippen LogP contribution in [0, 0.1) is 6.92 Å². The zero-order chi connectivity index (χ0) is 9.42. The van der Waals surface area contributed by atoms with Crippen molar-refractivity contribution in [3.63, 3.8) is 0 Å². The number of ketones is 1. The van der Waals surface area contributed by atoms with Crippen molar-refractivity contribution >= 4 is 16.7 Å². The number of fused-ring (bicyclic) bond motifs is 1. The van der Waals surface area contributed by atoms with E-state index in [9.17, 15) is 4.79 Å². The van der Waals surface area contributed by atoms with Crippen LogP contribution in [0.5, 0.6) is 0 Å². The van der Waals surface area contributed by atoms with Gasteiger partial charge in [-0.1, -0.05) is 0 Å². The second-order valence-electron chi connectivity index (χ2n) is 3.13. The van der Waals surface area contributed by atoms with E-state index >= 15 is 0 Å². The standard InChI is InChI=1S/C10H10N2O/c1-6-5-8-9(12-6)3-4-11-10(8)7(2)13/h3-5,12H,1-2H3. The minimum atomic E-state index is 0.00426. The third-order valence-corrected chi connectivity index (χ3v) is 2.02. The number of aryl methyl sites for hydroxylation is 1. The van der Waals surface area contributed by atoms with Crippen LogP contribution in [0.4, 0.5) is 0 Å². The molecule has 0 aliphatic rings. The SMILES string of the molecule is CC(=O)c1nccc2[nH]c(C)cc12. The Hall–Kier alpha value is -1.64. The highest BCUT2D eigenvalue weighted by Gasteiger charge is 2.07. The first-order valence-corrected chi connectivity index (χ1v) is 4.14. The van der Waals surface area contributed by atoms with Crippen molar-refractivity contribution in [1.29, 1.82) is 0 Å². The third kappa shape index (κ3) is 1.22. The van der Waals surface area contributed by atoms with E-state index in [1.54, 1.807) is 6.20 Å². The first-order chi connectivity index (χ1) is 6.18. The highest BCUT2D eigenvalue weighted by molar-refractivity contribution is 6.04. The molecule has 0 aliphatic carbocycles. The molecule has 3 nitrogen and oxygen atoms in total. The summed E-state index contributed by atoms with van der Waals surface area (Å²) in [5, 5.41) is 0.910. The van der Waals surface area contributed by atoms with Crippen LogP contribution >= 0.6 is 0 Å². The van der Waals surface area contributed by atoms with Crippen molar-refractivity contribution < 1.29 is 4.79 Å². The lowest BCUT2D eigenvalue weighted by Gasteiger charge is -1.95. The predicted molar refractivity (Wildman–Crippen MR) is 50.8 cm³/mol. The van der Waals surface area contributed by atoms with Gasteiger partial charge in [0.1, 0.15) is 5.69 Å². The molecule has 0 saturated heterocycles. The number of rotatable bonds is 1. The maximum Gasteiger partial charge on any atom is 0.178 e. The van der Waals surface area contributed by atoms with Gasteiger partial charge in [-0.2, -0.15) is 0 Å². The summed E-state index contributed by atoms with van der Waals surface area (Å²) in [6, 6.07) is 3.81. The molecule has 3 heteroatoms. The minimum absolute atomic E-state index is 0.00426. The van der Waals surface area contributed by atoms with Gasteiger partial charge in [0.15, 0.2) is 5.78 Å². The fraction of sp³-hybridized carbons (Fsp3) is 0.200. The molecular weight excluding hydrogens is 164 g/mol. The molecule has 0 aromatic carbocycles. The first kappa shape index (κ1) is 7.98. The van der Waals surface area contributed by atoms with Crippen molar-refractivity contribution in [2.75, 3.05) is 0 Å². The van der Waals surface area contributed by atoms with Crippen LogP contribution in [0.15, 0.2) is 18.3 Å². The van der Waals surface area contributed by atoms with Crippen LogP contribution in [0.2, 0.25) is 0 Å². The molecule has 13 heavy (non-hydrogen) atoms. The Kier molecular flexibility index (Phi) is 1.65. The second kappa shape index (κ2) is 2.69. The van der Waals surface area contributed by atoms with E-state index in [0.29, 0.717) is 5.69 Å². The first-order valence-electron chi connectivity index (χ1n) is 4.14. The van der Waals surface area contributed by atoms with Gasteiger partial charge in [-0.05, 0) is 19.1 Å². The second-order valence-corrected chi connectivity index (χ2v) is 3.13. The maximum atomic E-state index is 11.2. The monoisotopic (exact) mass is 174 g/mol. The molecule has 0 aliphatic heterocycles. The highest BCUT2D eigenvalue weighted by atomic mass is 16.1. The lowest BCUT2D eigenvalue weighted by Crippen LogP contribution is -1.95. The molecule has 1 N–H and O–H groups in total. The van der Waals surface area contributed by atoms with Gasteiger partial charge < -0.3 is 4.98 Å². The Bertz CT molecular complexity index is 471. The van der Waals surface area contributed by atoms with Gasteiger partial charge in [0, 0.05) is 29.7 Å². The van der Waals surface area contributed by atoms with E-state index in [-0.39, 0.29) is 5.78 Å². The van der Waals surface area contributed by atoms with E-state index in [1.165, 1.54) is 6.92 Å². The van der Waals surface area contributed by atoms with Gasteiger partial charge >= 0.3 is 0 Å². The topological polar surface area (TPSA) is 45.8 Å². The van der Waals surface area contributed by atoms with Crippen molar-refractivity contribution in [2.45, 2.75) is 13.8 Å². The van der Waals surface area contributed by atoms with Crippen LogP contribution in [-0.2, 0) is 0 Å². The molecule has 0 amide bonds. The van der Waals surface area contributed by atoms with Crippen molar-refractivity contribution in [1.82, 2.24) is 9.97 Å². The molecule has 0 atom stereocenters. The number of aromatic amines is 1. The van der Waals surface area contributed by atoms with Gasteiger partial charge in [-0.25, -0.2) is 0 Å². The number of pyridine rings is 1. The summed E-state index contributed by atoms with van der Waals surface area (Å²) in [4.78, 5) is 18.4. The number of H-pyrrole nitrogens is 1. The lowest BCUT2D eigenvalue weighted by molar-refractivity contribution is 0.101. The van der Waals surface area contributed by atoms with Crippen molar-refractivity contribution in [3.8, 4) is 0 Å². The summed E-state index contributed by atoms with van der Waals surface area (Å²) in [7, 11) is 0. The number of carbonyl (C=O) groups excluding carboxylic acids is 1. The summed E-state index contributed by atoms with van der Waals surface area (Å²) < 4.78 is 0. The van der Waals surface area contributed by atoms with E-state index in [4.69, 9.17) is 0 Å². The number of Topliss-reactive ketones (excluding diaryl/α,β-unsaturated/α-hetero) is 1. The number of aromatic nitrogens is 2. The van der Waals surface area contributed by atoms with E-state index in [0.717, 1.165) is 16.6 Å². The average molecular weight is 174 g/mol.